The summed E-state index contributed by atoms with van der Waals surface area (Å²) in [5.74, 6) is -2.66. The summed E-state index contributed by atoms with van der Waals surface area (Å²) in [6, 6.07) is 23.5. The fourth-order valence-electron chi connectivity index (χ4n) is 6.11. The molecule has 0 fully saturated rings. The van der Waals surface area contributed by atoms with Crippen molar-refractivity contribution in [1.29, 1.82) is 0 Å². The summed E-state index contributed by atoms with van der Waals surface area (Å²) >= 11 is 1.68. The number of allylic oxidation sites excluding steroid dienone is 4. The van der Waals surface area contributed by atoms with Crippen molar-refractivity contribution in [1.82, 2.24) is 0 Å². The summed E-state index contributed by atoms with van der Waals surface area (Å²) in [4.78, 5) is 23.8. The van der Waals surface area contributed by atoms with Crippen LogP contribution in [-0.2, 0) is 19.4 Å². The summed E-state index contributed by atoms with van der Waals surface area (Å²) in [6.45, 7) is 3.71. The van der Waals surface area contributed by atoms with E-state index in [-0.39, 0.29) is 23.6 Å². The monoisotopic (exact) mass is 712 g/mol. The van der Waals surface area contributed by atoms with Crippen molar-refractivity contribution in [3.63, 3.8) is 0 Å². The smallest absolute Gasteiger partial charge is 0.307 e. The lowest BCUT2D eigenvalue weighted by molar-refractivity contribution is -0.136. The van der Waals surface area contributed by atoms with E-state index in [1.165, 1.54) is 41.3 Å². The topological polar surface area (TPSA) is 109 Å². The van der Waals surface area contributed by atoms with Crippen molar-refractivity contribution in [3.05, 3.63) is 141 Å². The number of carboxylic acids is 2. The van der Waals surface area contributed by atoms with Crippen molar-refractivity contribution >= 4 is 68.0 Å². The molecule has 0 unspecified atom stereocenters. The van der Waals surface area contributed by atoms with Crippen LogP contribution in [-0.4, -0.2) is 43.1 Å². The molecule has 2 aliphatic rings. The molecule has 0 radical (unpaired) electrons. The van der Waals surface area contributed by atoms with Gasteiger partial charge in [0.15, 0.2) is 9.84 Å². The molecule has 0 atom stereocenters. The minimum atomic E-state index is -3.27. The first-order valence-electron chi connectivity index (χ1n) is 15.5. The number of fused-ring (bicyclic) bond motifs is 2. The second kappa shape index (κ2) is 14.8. The van der Waals surface area contributed by atoms with Crippen LogP contribution in [0.25, 0.3) is 34.4 Å². The highest BCUT2D eigenvalue weighted by Gasteiger charge is 2.27. The summed E-state index contributed by atoms with van der Waals surface area (Å²) in [6.07, 6.45) is 6.77. The number of rotatable bonds is 8. The van der Waals surface area contributed by atoms with Crippen molar-refractivity contribution < 1.29 is 37.0 Å². The molecule has 0 aliphatic heterocycles. The number of thioether (sulfide) groups is 1. The molecular weight excluding hydrogens is 679 g/mol. The van der Waals surface area contributed by atoms with Crippen LogP contribution in [0.4, 0.5) is 8.78 Å². The summed E-state index contributed by atoms with van der Waals surface area (Å²) in [5, 5.41) is 18.3. The lowest BCUT2D eigenvalue weighted by atomic mass is 10.0. The van der Waals surface area contributed by atoms with E-state index < -0.39 is 27.6 Å². The Morgan fingerprint density at radius 1 is 0.660 bits per heavy atom. The van der Waals surface area contributed by atoms with E-state index in [1.807, 2.05) is 44.4 Å². The Labute approximate surface area is 294 Å². The Morgan fingerprint density at radius 3 is 1.42 bits per heavy atom. The fraction of sp³-hybridized carbons (Fsp3) is 0.150. The molecule has 6 rings (SSSR count). The van der Waals surface area contributed by atoms with Gasteiger partial charge in [0.2, 0.25) is 0 Å². The Bertz CT molecular complexity index is 2250. The molecule has 4 aromatic rings. The number of benzene rings is 4. The molecule has 4 aromatic carbocycles. The standard InChI is InChI=1S/C20H17FO4S.C20H17FO2S/c1-12-17(9-13-3-6-15(7-4-13)26(2,24)25)16-8-5-14(21)10-19(16)18(12)11-20(22)23;1-12-17(9-13-3-6-15(24-2)7-4-13)16-8-5-14(21)10-19(16)18(12)11-20(22)23/h3-10H,11H2,1-2H3,(H,22,23);3-10H,11H2,1-2H3,(H,22,23)/b2*17-9-. The van der Waals surface area contributed by atoms with Crippen LogP contribution in [0.5, 0.6) is 0 Å². The minimum Gasteiger partial charge on any atom is -0.481 e. The predicted octanol–water partition coefficient (Wildman–Crippen LogP) is 9.38. The van der Waals surface area contributed by atoms with Gasteiger partial charge in [0.1, 0.15) is 11.6 Å². The molecule has 0 aromatic heterocycles. The van der Waals surface area contributed by atoms with Crippen LogP contribution in [0, 0.1) is 11.6 Å². The largest absolute Gasteiger partial charge is 0.481 e. The Morgan fingerprint density at radius 2 is 1.06 bits per heavy atom. The van der Waals surface area contributed by atoms with Crippen LogP contribution >= 0.6 is 11.8 Å². The molecule has 0 heterocycles. The number of hydrogen-bond acceptors (Lipinski definition) is 5. The highest BCUT2D eigenvalue weighted by molar-refractivity contribution is 7.98. The van der Waals surface area contributed by atoms with Crippen molar-refractivity contribution in [3.8, 4) is 0 Å². The molecule has 0 spiro atoms. The van der Waals surface area contributed by atoms with E-state index in [0.29, 0.717) is 22.3 Å². The third-order valence-electron chi connectivity index (χ3n) is 8.61. The summed E-state index contributed by atoms with van der Waals surface area (Å²) in [7, 11) is -3.27. The van der Waals surface area contributed by atoms with Gasteiger partial charge in [-0.05, 0) is 148 Å². The first kappa shape index (κ1) is 36.2. The lowest BCUT2D eigenvalue weighted by Gasteiger charge is -2.05. The van der Waals surface area contributed by atoms with Gasteiger partial charge >= 0.3 is 11.9 Å². The Kier molecular flexibility index (Phi) is 10.7. The van der Waals surface area contributed by atoms with Crippen LogP contribution in [0.1, 0.15) is 60.1 Å². The van der Waals surface area contributed by atoms with Crippen LogP contribution < -0.4 is 0 Å². The van der Waals surface area contributed by atoms with Crippen molar-refractivity contribution in [2.45, 2.75) is 36.5 Å². The molecule has 50 heavy (non-hydrogen) atoms. The fourth-order valence-corrected chi connectivity index (χ4v) is 7.15. The molecule has 10 heteroatoms. The van der Waals surface area contributed by atoms with Gasteiger partial charge in [-0.1, -0.05) is 36.4 Å². The third-order valence-corrected chi connectivity index (χ3v) is 10.5. The average molecular weight is 713 g/mol. The maximum atomic E-state index is 13.7. The highest BCUT2D eigenvalue weighted by atomic mass is 32.2. The van der Waals surface area contributed by atoms with Gasteiger partial charge in [0.05, 0.1) is 17.7 Å². The molecule has 0 saturated carbocycles. The Hall–Kier alpha value is -5.06. The van der Waals surface area contributed by atoms with Gasteiger partial charge in [-0.2, -0.15) is 0 Å². The number of aliphatic carboxylic acids is 2. The number of carbonyl (C=O) groups is 2. The zero-order valence-corrected chi connectivity index (χ0v) is 29.4. The zero-order valence-electron chi connectivity index (χ0n) is 27.8. The van der Waals surface area contributed by atoms with Gasteiger partial charge in [-0.3, -0.25) is 9.59 Å². The van der Waals surface area contributed by atoms with Gasteiger partial charge in [0, 0.05) is 11.2 Å². The molecule has 6 nitrogen and oxygen atoms in total. The normalized spacial score (nSPS) is 15.2. The lowest BCUT2D eigenvalue weighted by Crippen LogP contribution is -1.97. The van der Waals surface area contributed by atoms with E-state index in [0.717, 1.165) is 50.8 Å². The summed E-state index contributed by atoms with van der Waals surface area (Å²) < 4.78 is 50.4. The van der Waals surface area contributed by atoms with E-state index in [4.69, 9.17) is 5.11 Å². The van der Waals surface area contributed by atoms with E-state index >= 15 is 0 Å². The predicted molar refractivity (Wildman–Crippen MR) is 196 cm³/mol. The molecule has 0 amide bonds. The highest BCUT2D eigenvalue weighted by Crippen LogP contribution is 2.45. The average Bonchev–Trinajstić information content (AvgIpc) is 3.45. The third kappa shape index (κ3) is 8.04. The molecule has 2 aliphatic carbocycles. The van der Waals surface area contributed by atoms with Crippen LogP contribution in [0.15, 0.2) is 106 Å². The first-order chi connectivity index (χ1) is 23.7. The zero-order chi connectivity index (χ0) is 36.3. The van der Waals surface area contributed by atoms with Crippen LogP contribution in [0.3, 0.4) is 0 Å². The quantitative estimate of drug-likeness (QED) is 0.175. The maximum Gasteiger partial charge on any atom is 0.307 e. The van der Waals surface area contributed by atoms with Crippen molar-refractivity contribution in [2.75, 3.05) is 12.5 Å². The summed E-state index contributed by atoms with van der Waals surface area (Å²) in [5.41, 5.74) is 9.45. The maximum absolute atomic E-state index is 13.7. The van der Waals surface area contributed by atoms with Crippen molar-refractivity contribution in [2.24, 2.45) is 0 Å². The van der Waals surface area contributed by atoms with E-state index in [2.05, 4.69) is 12.1 Å². The van der Waals surface area contributed by atoms with E-state index in [1.54, 1.807) is 36.0 Å². The van der Waals surface area contributed by atoms with Gasteiger partial charge in [-0.15, -0.1) is 11.8 Å². The van der Waals surface area contributed by atoms with Gasteiger partial charge in [0.25, 0.3) is 0 Å². The molecule has 0 bridgehead atoms. The SMILES string of the molecule is CC1=C(CC(=O)O)c2cc(F)ccc2/C1=C\c1ccc(S(C)(=O)=O)cc1.CSc1ccc(/C=C2/C(C)=C(CC(=O)O)c3cc(F)ccc32)cc1. The van der Waals surface area contributed by atoms with Crippen LogP contribution in [0.2, 0.25) is 0 Å². The molecule has 256 valence electrons. The second-order valence-corrected chi connectivity index (χ2v) is 14.9. The number of halogens is 2. The Balaban J connectivity index is 0.000000195. The van der Waals surface area contributed by atoms with Gasteiger partial charge < -0.3 is 10.2 Å². The molecular formula is C40H34F2O6S2. The second-order valence-electron chi connectivity index (χ2n) is 12.0. The molecule has 0 saturated heterocycles. The number of carboxylic acid groups (broad SMARTS) is 2. The minimum absolute atomic E-state index is 0.106. The van der Waals surface area contributed by atoms with Gasteiger partial charge in [-0.25, -0.2) is 17.2 Å². The first-order valence-corrected chi connectivity index (χ1v) is 18.6. The van der Waals surface area contributed by atoms with E-state index in [9.17, 15) is 31.9 Å². The number of hydrogen-bond donors (Lipinski definition) is 2. The number of sulfone groups is 1. The molecule has 2 N–H and O–H groups in total.